The van der Waals surface area contributed by atoms with E-state index in [1.54, 1.807) is 42.5 Å². The van der Waals surface area contributed by atoms with Crippen LogP contribution in [0.15, 0.2) is 42.5 Å². The Balaban J connectivity index is 0.000000167. The van der Waals surface area contributed by atoms with E-state index in [2.05, 4.69) is 6.92 Å². The average Bonchev–Trinajstić information content (AvgIpc) is 3.26. The Morgan fingerprint density at radius 2 is 1.58 bits per heavy atom. The molecule has 0 unspecified atom stereocenters. The number of aliphatic hydroxyl groups excluding tert-OH is 2. The first kappa shape index (κ1) is 30.3. The van der Waals surface area contributed by atoms with E-state index in [0.717, 1.165) is 38.5 Å². The maximum Gasteiger partial charge on any atom is 0.196 e. The van der Waals surface area contributed by atoms with Crippen molar-refractivity contribution < 1.29 is 34.5 Å². The second-order valence-corrected chi connectivity index (χ2v) is 14.3. The zero-order chi connectivity index (χ0) is 30.9. The SMILES string of the molecule is C[C@]12CC[C@@H](O)C[C@H]1CC[C@@H]1[C@@H]2C(=O)C[C@@]2(C)[C@H]1CC[C@]2(O)C(=O)CO.O=C1c2ccccc2C(=O)c2c(Cl)cccc21. The number of Topliss-reactive ketones (excluding diaryl/α,β-unsaturated/α-hetero) is 2. The summed E-state index contributed by atoms with van der Waals surface area (Å²) < 4.78 is 0. The summed E-state index contributed by atoms with van der Waals surface area (Å²) in [6.45, 7) is 3.46. The Labute approximate surface area is 256 Å². The molecule has 3 N–H and O–H groups in total. The third kappa shape index (κ3) is 4.41. The molecule has 8 heteroatoms. The van der Waals surface area contributed by atoms with Crippen LogP contribution in [0.3, 0.4) is 0 Å². The van der Waals surface area contributed by atoms with Gasteiger partial charge in [0.25, 0.3) is 0 Å². The minimum absolute atomic E-state index is 0.0154. The van der Waals surface area contributed by atoms with E-state index in [0.29, 0.717) is 39.6 Å². The summed E-state index contributed by atoms with van der Waals surface area (Å²) in [6.07, 6.45) is 5.47. The first-order valence-corrected chi connectivity index (χ1v) is 15.8. The van der Waals surface area contributed by atoms with Crippen molar-refractivity contribution in [1.29, 1.82) is 0 Å². The molecular weight excluding hydrogens is 568 g/mol. The molecule has 2 aromatic carbocycles. The molecule has 4 saturated carbocycles. The van der Waals surface area contributed by atoms with Gasteiger partial charge in [-0.15, -0.1) is 0 Å². The van der Waals surface area contributed by atoms with Crippen molar-refractivity contribution >= 4 is 34.7 Å². The first-order chi connectivity index (χ1) is 20.4. The van der Waals surface area contributed by atoms with Gasteiger partial charge in [0.15, 0.2) is 17.3 Å². The number of hydrogen-bond donors (Lipinski definition) is 3. The van der Waals surface area contributed by atoms with Gasteiger partial charge in [0.05, 0.1) is 16.7 Å². The van der Waals surface area contributed by atoms with Crippen molar-refractivity contribution in [2.75, 3.05) is 6.61 Å². The quantitative estimate of drug-likeness (QED) is 0.375. The number of carbonyl (C=O) groups excluding carboxylic acids is 4. The highest BCUT2D eigenvalue weighted by Crippen LogP contribution is 2.67. The number of aliphatic hydroxyl groups is 3. The lowest BCUT2D eigenvalue weighted by molar-refractivity contribution is -0.180. The van der Waals surface area contributed by atoms with Crippen LogP contribution >= 0.6 is 11.6 Å². The Morgan fingerprint density at radius 3 is 2.28 bits per heavy atom. The standard InChI is InChI=1S/C21H32O5.C14H7ClO2/c1-19-7-5-13(23)9-12(19)3-4-14-15-6-8-21(26,17(25)11-22)20(15,2)10-16(24)18(14)19;15-11-7-3-6-10-12(11)14(17)9-5-2-1-4-8(9)13(10)16/h12-15,18,22-23,26H,3-11H2,1-2H3;1-7H/t12-,13-,14+,15+,18-,19+,20+,21+;/m1./s1. The van der Waals surface area contributed by atoms with Crippen LogP contribution in [0.4, 0.5) is 0 Å². The summed E-state index contributed by atoms with van der Waals surface area (Å²) in [5.74, 6) is 0.0588. The molecule has 7 nitrogen and oxygen atoms in total. The second kappa shape index (κ2) is 10.7. The monoisotopic (exact) mass is 606 g/mol. The zero-order valence-corrected chi connectivity index (χ0v) is 25.4. The topological polar surface area (TPSA) is 129 Å². The highest BCUT2D eigenvalue weighted by Gasteiger charge is 2.68. The molecule has 0 bridgehead atoms. The number of fused-ring (bicyclic) bond motifs is 7. The molecule has 0 amide bonds. The third-order valence-corrected chi connectivity index (χ3v) is 12.3. The summed E-state index contributed by atoms with van der Waals surface area (Å²) in [6, 6.07) is 11.8. The molecule has 0 aromatic heterocycles. The molecule has 7 rings (SSSR count). The normalized spacial score (nSPS) is 37.6. The van der Waals surface area contributed by atoms with Gasteiger partial charge < -0.3 is 15.3 Å². The summed E-state index contributed by atoms with van der Waals surface area (Å²) in [5, 5.41) is 30.9. The lowest BCUT2D eigenvalue weighted by Gasteiger charge is -2.60. The molecule has 0 radical (unpaired) electrons. The van der Waals surface area contributed by atoms with Crippen LogP contribution in [0.1, 0.15) is 97.1 Å². The van der Waals surface area contributed by atoms with Gasteiger partial charge in [0.2, 0.25) is 0 Å². The minimum Gasteiger partial charge on any atom is -0.393 e. The zero-order valence-electron chi connectivity index (χ0n) is 24.6. The van der Waals surface area contributed by atoms with Crippen molar-refractivity contribution in [1.82, 2.24) is 0 Å². The summed E-state index contributed by atoms with van der Waals surface area (Å²) >= 11 is 6.00. The van der Waals surface area contributed by atoms with Crippen molar-refractivity contribution in [2.45, 2.75) is 76.9 Å². The number of halogens is 1. The van der Waals surface area contributed by atoms with Crippen LogP contribution in [0.2, 0.25) is 5.02 Å². The Kier molecular flexibility index (Phi) is 7.56. The molecule has 8 atom stereocenters. The van der Waals surface area contributed by atoms with Crippen molar-refractivity contribution in [3.8, 4) is 0 Å². The molecule has 0 aliphatic heterocycles. The highest BCUT2D eigenvalue weighted by molar-refractivity contribution is 6.39. The van der Waals surface area contributed by atoms with E-state index in [4.69, 9.17) is 11.6 Å². The van der Waals surface area contributed by atoms with Gasteiger partial charge in [0, 0.05) is 34.4 Å². The van der Waals surface area contributed by atoms with Crippen LogP contribution in [-0.2, 0) is 9.59 Å². The predicted molar refractivity (Wildman–Crippen MR) is 160 cm³/mol. The molecule has 43 heavy (non-hydrogen) atoms. The van der Waals surface area contributed by atoms with Gasteiger partial charge >= 0.3 is 0 Å². The number of benzene rings is 2. The largest absolute Gasteiger partial charge is 0.393 e. The summed E-state index contributed by atoms with van der Waals surface area (Å²) in [7, 11) is 0. The van der Waals surface area contributed by atoms with E-state index >= 15 is 0 Å². The molecule has 0 spiro atoms. The second-order valence-electron chi connectivity index (χ2n) is 13.9. The highest BCUT2D eigenvalue weighted by atomic mass is 35.5. The third-order valence-electron chi connectivity index (χ3n) is 12.0. The van der Waals surface area contributed by atoms with Crippen molar-refractivity contribution in [2.24, 2.45) is 34.5 Å². The van der Waals surface area contributed by atoms with Crippen LogP contribution in [-0.4, -0.2) is 56.8 Å². The van der Waals surface area contributed by atoms with E-state index in [1.807, 2.05) is 6.92 Å². The Hall–Kier alpha value is -2.71. The molecular formula is C35H39ClO7. The van der Waals surface area contributed by atoms with Gasteiger partial charge in [-0.1, -0.05) is 61.8 Å². The summed E-state index contributed by atoms with van der Waals surface area (Å²) in [4.78, 5) is 50.2. The summed E-state index contributed by atoms with van der Waals surface area (Å²) in [5.41, 5.74) is -0.817. The van der Waals surface area contributed by atoms with E-state index in [-0.39, 0.29) is 53.0 Å². The fourth-order valence-electron chi connectivity index (χ4n) is 9.75. The predicted octanol–water partition coefficient (Wildman–Crippen LogP) is 4.98. The smallest absolute Gasteiger partial charge is 0.196 e. The van der Waals surface area contributed by atoms with Gasteiger partial charge in [-0.2, -0.15) is 0 Å². The van der Waals surface area contributed by atoms with E-state index in [9.17, 15) is 34.5 Å². The fraction of sp³-hybridized carbons (Fsp3) is 0.543. The average molecular weight is 607 g/mol. The molecule has 228 valence electrons. The molecule has 0 heterocycles. The van der Waals surface area contributed by atoms with Crippen LogP contribution in [0.25, 0.3) is 0 Å². The van der Waals surface area contributed by atoms with E-state index < -0.39 is 23.4 Å². The molecule has 4 fully saturated rings. The van der Waals surface area contributed by atoms with E-state index in [1.165, 1.54) is 0 Å². The van der Waals surface area contributed by atoms with Crippen LogP contribution in [0, 0.1) is 34.5 Å². The minimum atomic E-state index is -1.58. The van der Waals surface area contributed by atoms with Crippen molar-refractivity contribution in [3.63, 3.8) is 0 Å². The maximum atomic E-state index is 13.4. The maximum absolute atomic E-state index is 13.4. The van der Waals surface area contributed by atoms with Gasteiger partial charge in [0.1, 0.15) is 18.0 Å². The van der Waals surface area contributed by atoms with Gasteiger partial charge in [-0.25, -0.2) is 0 Å². The molecule has 5 aliphatic carbocycles. The number of carbonyl (C=O) groups is 4. The van der Waals surface area contributed by atoms with Crippen LogP contribution in [0.5, 0.6) is 0 Å². The van der Waals surface area contributed by atoms with Gasteiger partial charge in [-0.05, 0) is 74.2 Å². The Morgan fingerprint density at radius 1 is 0.907 bits per heavy atom. The first-order valence-electron chi connectivity index (χ1n) is 15.4. The fourth-order valence-corrected chi connectivity index (χ4v) is 10.0. The van der Waals surface area contributed by atoms with Crippen LogP contribution < -0.4 is 0 Å². The lowest BCUT2D eigenvalue weighted by atomic mass is 9.44. The molecule has 5 aliphatic rings. The van der Waals surface area contributed by atoms with Gasteiger partial charge in [-0.3, -0.25) is 19.2 Å². The molecule has 0 saturated heterocycles. The lowest BCUT2D eigenvalue weighted by Crippen LogP contribution is -2.62. The molecule has 2 aromatic rings. The number of hydrogen-bond acceptors (Lipinski definition) is 7. The number of ketones is 4. The number of rotatable bonds is 2. The van der Waals surface area contributed by atoms with Crippen molar-refractivity contribution in [3.05, 3.63) is 69.7 Å². The Bertz CT molecular complexity index is 1520.